The van der Waals surface area contributed by atoms with Crippen LogP contribution in [0.3, 0.4) is 0 Å². The van der Waals surface area contributed by atoms with E-state index in [-0.39, 0.29) is 6.04 Å². The van der Waals surface area contributed by atoms with Crippen LogP contribution in [0.25, 0.3) is 0 Å². The maximum atomic E-state index is 6.10. The Bertz CT molecular complexity index is 355. The van der Waals surface area contributed by atoms with Crippen LogP contribution in [0.15, 0.2) is 12.1 Å². The zero-order valence-corrected chi connectivity index (χ0v) is 10.7. The molecule has 16 heavy (non-hydrogen) atoms. The lowest BCUT2D eigenvalue weighted by Crippen LogP contribution is -2.10. The Hall–Kier alpha value is -0.930. The molecule has 0 radical (unpaired) electrons. The molecule has 0 amide bonds. The highest BCUT2D eigenvalue weighted by Crippen LogP contribution is 2.37. The second-order valence-electron chi connectivity index (χ2n) is 3.63. The molecule has 1 aromatic rings. The van der Waals surface area contributed by atoms with E-state index in [1.807, 2.05) is 12.1 Å². The first-order chi connectivity index (χ1) is 7.63. The van der Waals surface area contributed by atoms with Gasteiger partial charge in [-0.1, -0.05) is 24.9 Å². The van der Waals surface area contributed by atoms with E-state index in [9.17, 15) is 0 Å². The van der Waals surface area contributed by atoms with E-state index in [2.05, 4.69) is 6.92 Å². The Labute approximate surface area is 101 Å². The molecule has 0 aliphatic heterocycles. The van der Waals surface area contributed by atoms with Crippen molar-refractivity contribution in [3.63, 3.8) is 0 Å². The van der Waals surface area contributed by atoms with Crippen LogP contribution in [-0.4, -0.2) is 14.2 Å². The van der Waals surface area contributed by atoms with Crippen LogP contribution in [0, 0.1) is 0 Å². The van der Waals surface area contributed by atoms with Crippen molar-refractivity contribution in [1.29, 1.82) is 0 Å². The summed E-state index contributed by atoms with van der Waals surface area (Å²) in [6, 6.07) is 3.70. The van der Waals surface area contributed by atoms with Crippen LogP contribution in [-0.2, 0) is 0 Å². The zero-order valence-electron chi connectivity index (χ0n) is 9.92. The fourth-order valence-corrected chi connectivity index (χ4v) is 1.93. The summed E-state index contributed by atoms with van der Waals surface area (Å²) in [5.41, 5.74) is 7.01. The van der Waals surface area contributed by atoms with Gasteiger partial charge >= 0.3 is 0 Å². The number of ether oxygens (including phenoxy) is 2. The first-order valence-corrected chi connectivity index (χ1v) is 5.68. The molecule has 0 spiro atoms. The molecule has 0 saturated heterocycles. The van der Waals surface area contributed by atoms with Gasteiger partial charge in [0.05, 0.1) is 19.2 Å². The number of methoxy groups -OCH3 is 2. The molecule has 0 aromatic heterocycles. The lowest BCUT2D eigenvalue weighted by Gasteiger charge is -2.15. The Morgan fingerprint density at radius 2 is 2.00 bits per heavy atom. The fraction of sp³-hybridized carbons (Fsp3) is 0.500. The van der Waals surface area contributed by atoms with Crippen molar-refractivity contribution in [2.45, 2.75) is 25.8 Å². The van der Waals surface area contributed by atoms with Gasteiger partial charge < -0.3 is 15.2 Å². The van der Waals surface area contributed by atoms with E-state index in [0.717, 1.165) is 18.4 Å². The molecule has 1 aromatic carbocycles. The Kier molecular flexibility index (Phi) is 4.90. The van der Waals surface area contributed by atoms with E-state index in [1.165, 1.54) is 0 Å². The molecular formula is C12H18ClNO2. The van der Waals surface area contributed by atoms with Gasteiger partial charge in [0.25, 0.3) is 0 Å². The normalized spacial score (nSPS) is 12.3. The number of nitrogens with two attached hydrogens (primary N) is 1. The van der Waals surface area contributed by atoms with Gasteiger partial charge in [-0.15, -0.1) is 0 Å². The SMILES string of the molecule is CCCC(N)c1cc(Cl)c(OC)c(OC)c1. The highest BCUT2D eigenvalue weighted by molar-refractivity contribution is 6.32. The third-order valence-corrected chi connectivity index (χ3v) is 2.76. The molecule has 0 aliphatic carbocycles. The van der Waals surface area contributed by atoms with Crippen molar-refractivity contribution in [2.75, 3.05) is 14.2 Å². The number of rotatable bonds is 5. The van der Waals surface area contributed by atoms with E-state index < -0.39 is 0 Å². The van der Waals surface area contributed by atoms with Crippen molar-refractivity contribution in [2.24, 2.45) is 5.73 Å². The number of hydrogen-bond donors (Lipinski definition) is 1. The first kappa shape index (κ1) is 13.1. The molecule has 4 heteroatoms. The Morgan fingerprint density at radius 1 is 1.31 bits per heavy atom. The predicted octanol–water partition coefficient (Wildman–Crippen LogP) is 3.16. The third-order valence-electron chi connectivity index (χ3n) is 2.48. The maximum absolute atomic E-state index is 6.10. The molecule has 0 aliphatic rings. The maximum Gasteiger partial charge on any atom is 0.179 e. The second kappa shape index (κ2) is 5.97. The van der Waals surface area contributed by atoms with E-state index in [1.54, 1.807) is 14.2 Å². The van der Waals surface area contributed by atoms with Crippen molar-refractivity contribution in [3.05, 3.63) is 22.7 Å². The first-order valence-electron chi connectivity index (χ1n) is 5.31. The average molecular weight is 244 g/mol. The largest absolute Gasteiger partial charge is 0.493 e. The van der Waals surface area contributed by atoms with Crippen LogP contribution in [0.5, 0.6) is 11.5 Å². The third kappa shape index (κ3) is 2.80. The highest BCUT2D eigenvalue weighted by Gasteiger charge is 2.14. The van der Waals surface area contributed by atoms with Crippen molar-refractivity contribution in [1.82, 2.24) is 0 Å². The van der Waals surface area contributed by atoms with Gasteiger partial charge in [0.1, 0.15) is 0 Å². The van der Waals surface area contributed by atoms with Gasteiger partial charge in [-0.3, -0.25) is 0 Å². The summed E-state index contributed by atoms with van der Waals surface area (Å²) in [5.74, 6) is 1.17. The van der Waals surface area contributed by atoms with E-state index in [0.29, 0.717) is 16.5 Å². The topological polar surface area (TPSA) is 44.5 Å². The van der Waals surface area contributed by atoms with Gasteiger partial charge in [0, 0.05) is 6.04 Å². The van der Waals surface area contributed by atoms with Gasteiger partial charge in [-0.25, -0.2) is 0 Å². The van der Waals surface area contributed by atoms with Gasteiger partial charge in [-0.2, -0.15) is 0 Å². The Morgan fingerprint density at radius 3 is 2.50 bits per heavy atom. The summed E-state index contributed by atoms with van der Waals surface area (Å²) in [6.45, 7) is 2.10. The average Bonchev–Trinajstić information content (AvgIpc) is 2.28. The zero-order chi connectivity index (χ0) is 12.1. The molecule has 3 nitrogen and oxygen atoms in total. The highest BCUT2D eigenvalue weighted by atomic mass is 35.5. The van der Waals surface area contributed by atoms with E-state index in [4.69, 9.17) is 26.8 Å². The minimum absolute atomic E-state index is 0.0118. The Balaban J connectivity index is 3.09. The van der Waals surface area contributed by atoms with Crippen LogP contribution < -0.4 is 15.2 Å². The number of hydrogen-bond acceptors (Lipinski definition) is 3. The predicted molar refractivity (Wildman–Crippen MR) is 66.4 cm³/mol. The summed E-state index contributed by atoms with van der Waals surface area (Å²) >= 11 is 6.10. The molecule has 1 unspecified atom stereocenters. The second-order valence-corrected chi connectivity index (χ2v) is 4.04. The number of halogens is 1. The summed E-state index contributed by atoms with van der Waals surface area (Å²) in [4.78, 5) is 0. The minimum atomic E-state index is -0.0118. The molecule has 0 bridgehead atoms. The molecule has 0 heterocycles. The monoisotopic (exact) mass is 243 g/mol. The van der Waals surface area contributed by atoms with Gasteiger partial charge in [0.15, 0.2) is 11.5 Å². The van der Waals surface area contributed by atoms with Crippen LogP contribution in [0.2, 0.25) is 5.02 Å². The minimum Gasteiger partial charge on any atom is -0.493 e. The van der Waals surface area contributed by atoms with Gasteiger partial charge in [0.2, 0.25) is 0 Å². The summed E-state index contributed by atoms with van der Waals surface area (Å²) in [7, 11) is 3.15. The van der Waals surface area contributed by atoms with E-state index >= 15 is 0 Å². The summed E-state index contributed by atoms with van der Waals surface area (Å²) in [6.07, 6.45) is 1.96. The molecule has 1 atom stereocenters. The fourth-order valence-electron chi connectivity index (χ4n) is 1.63. The molecule has 0 saturated carbocycles. The van der Waals surface area contributed by atoms with Gasteiger partial charge in [-0.05, 0) is 24.1 Å². The molecule has 1 rings (SSSR count). The lowest BCUT2D eigenvalue weighted by molar-refractivity contribution is 0.354. The molecule has 0 fully saturated rings. The standard InChI is InChI=1S/C12H18ClNO2/c1-4-5-10(14)8-6-9(13)12(16-3)11(7-8)15-2/h6-7,10H,4-5,14H2,1-3H3. The van der Waals surface area contributed by atoms with Crippen molar-refractivity contribution < 1.29 is 9.47 Å². The van der Waals surface area contributed by atoms with Crippen LogP contribution >= 0.6 is 11.6 Å². The van der Waals surface area contributed by atoms with Crippen molar-refractivity contribution in [3.8, 4) is 11.5 Å². The lowest BCUT2D eigenvalue weighted by atomic mass is 10.0. The smallest absolute Gasteiger partial charge is 0.179 e. The molecular weight excluding hydrogens is 226 g/mol. The van der Waals surface area contributed by atoms with Crippen molar-refractivity contribution >= 4 is 11.6 Å². The summed E-state index contributed by atoms with van der Waals surface area (Å²) < 4.78 is 10.4. The molecule has 90 valence electrons. The van der Waals surface area contributed by atoms with Crippen LogP contribution in [0.1, 0.15) is 31.4 Å². The number of benzene rings is 1. The quantitative estimate of drug-likeness (QED) is 0.864. The summed E-state index contributed by atoms with van der Waals surface area (Å²) in [5, 5.41) is 0.531. The molecule has 2 N–H and O–H groups in total. The van der Waals surface area contributed by atoms with Crippen LogP contribution in [0.4, 0.5) is 0 Å².